The minimum absolute atomic E-state index is 0. The molecule has 0 aliphatic carbocycles. The second-order valence-electron chi connectivity index (χ2n) is 13.8. The van der Waals surface area contributed by atoms with E-state index in [1.54, 1.807) is 59.8 Å². The predicted octanol–water partition coefficient (Wildman–Crippen LogP) is 7.29. The Balaban J connectivity index is 0.000000261. The first-order valence-corrected chi connectivity index (χ1v) is 21.6. The molecule has 6 aromatic heterocycles. The molecule has 0 bridgehead atoms. The fourth-order valence-corrected chi connectivity index (χ4v) is 9.54. The molecule has 0 aliphatic heterocycles. The third-order valence-corrected chi connectivity index (χ3v) is 12.7. The minimum atomic E-state index is -3.90. The second kappa shape index (κ2) is 18.3. The summed E-state index contributed by atoms with van der Waals surface area (Å²) in [4.78, 5) is 12.2. The first kappa shape index (κ1) is 43.6. The van der Waals surface area contributed by atoms with Crippen molar-refractivity contribution in [2.75, 3.05) is 0 Å². The number of rotatable bonds is 8. The molecule has 298 valence electrons. The predicted molar refractivity (Wildman–Crippen MR) is 240 cm³/mol. The van der Waals surface area contributed by atoms with Gasteiger partial charge in [0.25, 0.3) is 10.0 Å². The number of aromatic nitrogens is 8. The summed E-state index contributed by atoms with van der Waals surface area (Å²) in [7, 11) is -2.00. The number of pyridine rings is 2. The van der Waals surface area contributed by atoms with Crippen molar-refractivity contribution in [2.24, 2.45) is 7.05 Å². The fraction of sp³-hybridized carbons (Fsp3) is 0.0435. The topological polar surface area (TPSA) is 146 Å². The van der Waals surface area contributed by atoms with Gasteiger partial charge in [-0.3, -0.25) is 9.36 Å². The number of benzene rings is 4. The van der Waals surface area contributed by atoms with Crippen LogP contribution in [0.2, 0.25) is 0 Å². The quantitative estimate of drug-likeness (QED) is 0.124. The molecule has 4 aromatic carbocycles. The van der Waals surface area contributed by atoms with Gasteiger partial charge in [-0.25, -0.2) is 22.4 Å². The molecule has 10 aromatic rings. The number of H-pyrrole nitrogens is 1. The van der Waals surface area contributed by atoms with Crippen LogP contribution in [-0.2, 0) is 22.6 Å². The first-order valence-electron chi connectivity index (χ1n) is 18.5. The van der Waals surface area contributed by atoms with Crippen LogP contribution < -0.4 is 29.6 Å². The molecule has 0 amide bonds. The van der Waals surface area contributed by atoms with Gasteiger partial charge in [0, 0.05) is 86.2 Å². The summed E-state index contributed by atoms with van der Waals surface area (Å²) >= 11 is 6.96. The van der Waals surface area contributed by atoms with Crippen LogP contribution in [0.1, 0.15) is 16.7 Å². The summed E-state index contributed by atoms with van der Waals surface area (Å²) < 4.78 is 34.3. The fourth-order valence-electron chi connectivity index (χ4n) is 7.53. The molecule has 0 radical (unpaired) electrons. The van der Waals surface area contributed by atoms with Crippen molar-refractivity contribution in [3.8, 4) is 22.3 Å². The number of hydrogen-bond acceptors (Lipinski definition) is 7. The van der Waals surface area contributed by atoms with E-state index in [1.165, 1.54) is 3.97 Å². The van der Waals surface area contributed by atoms with Crippen LogP contribution >= 0.6 is 31.9 Å². The third kappa shape index (κ3) is 8.20. The van der Waals surface area contributed by atoms with E-state index in [1.807, 2.05) is 97.2 Å². The largest absolute Gasteiger partial charge is 1.00 e. The number of aromatic amines is 1. The molecule has 0 spiro atoms. The Morgan fingerprint density at radius 1 is 0.607 bits per heavy atom. The van der Waals surface area contributed by atoms with Crippen LogP contribution in [0.5, 0.6) is 0 Å². The van der Waals surface area contributed by atoms with Gasteiger partial charge in [-0.15, -0.1) is 0 Å². The maximum Gasteiger partial charge on any atom is 1.00 e. The van der Waals surface area contributed by atoms with Crippen LogP contribution in [0.25, 0.3) is 44.3 Å². The Labute approximate surface area is 391 Å². The molecule has 0 aliphatic rings. The van der Waals surface area contributed by atoms with Gasteiger partial charge in [0.15, 0.2) is 5.65 Å². The summed E-state index contributed by atoms with van der Waals surface area (Å²) in [5.41, 5.74) is 7.25. The number of nitrogens with one attached hydrogen (secondary N) is 1. The maximum absolute atomic E-state index is 13.8. The maximum atomic E-state index is 13.8. The average molecular weight is 963 g/mol. The van der Waals surface area contributed by atoms with Crippen molar-refractivity contribution in [3.05, 3.63) is 209 Å². The summed E-state index contributed by atoms with van der Waals surface area (Å²) in [6, 6.07) is 43.2. The van der Waals surface area contributed by atoms with Gasteiger partial charge in [-0.05, 0) is 72.8 Å². The molecule has 11 nitrogen and oxygen atoms in total. The third-order valence-electron chi connectivity index (χ3n) is 10.2. The molecule has 0 atom stereocenters. The van der Waals surface area contributed by atoms with Gasteiger partial charge in [0.2, 0.25) is 0 Å². The molecular weight excluding hydrogens is 927 g/mol. The number of fused-ring (bicyclic) bond motifs is 2. The van der Waals surface area contributed by atoms with E-state index >= 15 is 0 Å². The summed E-state index contributed by atoms with van der Waals surface area (Å²) in [5.74, 6) is 0. The van der Waals surface area contributed by atoms with E-state index < -0.39 is 15.6 Å². The zero-order valence-electron chi connectivity index (χ0n) is 32.9. The molecule has 0 fully saturated rings. The Morgan fingerprint density at radius 3 is 1.67 bits per heavy atom. The van der Waals surface area contributed by atoms with E-state index in [2.05, 4.69) is 94.4 Å². The number of hydrogen-bond donors (Lipinski definition) is 1. The van der Waals surface area contributed by atoms with Gasteiger partial charge >= 0.3 is 29.6 Å². The van der Waals surface area contributed by atoms with E-state index in [0.717, 1.165) is 53.4 Å². The molecule has 2 N–H and O–H groups in total. The Bertz CT molecular complexity index is 3080. The van der Waals surface area contributed by atoms with E-state index in [9.17, 15) is 8.42 Å². The summed E-state index contributed by atoms with van der Waals surface area (Å²) in [6.45, 7) is 0. The molecular formula is C46H35Br2N8NaO3S. The van der Waals surface area contributed by atoms with Crippen LogP contribution in [-0.4, -0.2) is 52.4 Å². The van der Waals surface area contributed by atoms with E-state index in [-0.39, 0.29) is 39.9 Å². The zero-order valence-corrected chi connectivity index (χ0v) is 38.9. The summed E-state index contributed by atoms with van der Waals surface area (Å²) in [5, 5.41) is 10.9. The second-order valence-corrected chi connectivity index (χ2v) is 17.5. The normalized spacial score (nSPS) is 11.4. The van der Waals surface area contributed by atoms with Crippen LogP contribution in [0.3, 0.4) is 0 Å². The number of aryl methyl sites for hydroxylation is 1. The van der Waals surface area contributed by atoms with E-state index in [0.29, 0.717) is 16.6 Å². The van der Waals surface area contributed by atoms with Crippen molar-refractivity contribution >= 4 is 63.9 Å². The SMILES string of the molecule is Cn1cc(-c2c[nH]c3ncc(Br)cc23)cn1.O=S(=O)(c1ccccc1)n1cc(-c2cnn(C(c3ccccc3)(c3ccccc3)c3ccccc3)c2)c2cc(Br)cnc21.[Na+].[OH-]. The number of nitrogens with zero attached hydrogens (tertiary/aromatic N) is 7. The molecule has 15 heteroatoms. The number of halogens is 2. The van der Waals surface area contributed by atoms with Crippen molar-refractivity contribution in [1.82, 2.24) is 38.5 Å². The van der Waals surface area contributed by atoms with Crippen molar-refractivity contribution in [1.29, 1.82) is 0 Å². The van der Waals surface area contributed by atoms with Gasteiger partial charge in [-0.1, -0.05) is 109 Å². The van der Waals surface area contributed by atoms with Gasteiger partial charge in [-0.2, -0.15) is 10.2 Å². The summed E-state index contributed by atoms with van der Waals surface area (Å²) in [6.07, 6.45) is 14.6. The smallest absolute Gasteiger partial charge is 0.870 e. The Morgan fingerprint density at radius 2 is 1.11 bits per heavy atom. The zero-order chi connectivity index (χ0) is 40.6. The first-order chi connectivity index (χ1) is 28.7. The Hall–Kier alpha value is -5.45. The molecule has 0 saturated carbocycles. The average Bonchev–Trinajstić information content (AvgIpc) is 4.09. The molecule has 10 rings (SSSR count). The van der Waals surface area contributed by atoms with E-state index in [4.69, 9.17) is 5.10 Å². The van der Waals surface area contributed by atoms with Gasteiger partial charge < -0.3 is 10.5 Å². The molecule has 0 saturated heterocycles. The molecule has 61 heavy (non-hydrogen) atoms. The van der Waals surface area contributed by atoms with Gasteiger partial charge in [0.1, 0.15) is 11.2 Å². The van der Waals surface area contributed by atoms with Crippen molar-refractivity contribution in [3.63, 3.8) is 0 Å². The standard InChI is InChI=1S/C35H25BrN4O2S.C11H9BrN4.Na.H2O/c36-30-21-32-33(25-39(34(32)37-23-30)43(41,42)31-19-11-4-12-20-31)26-22-38-40(24-26)35(27-13-5-1-6-14-27,28-15-7-2-8-16-28)29-17-9-3-10-18-29;1-16-6-7(3-15-16)10-5-14-11-9(10)2-8(12)4-13-11;;/h1-25H;2-6H,1H3,(H,13,14);;1H2/q;;+1;/p-1. The molecule has 6 heterocycles. The van der Waals surface area contributed by atoms with Crippen molar-refractivity contribution in [2.45, 2.75) is 10.4 Å². The van der Waals surface area contributed by atoms with Crippen LogP contribution in [0.15, 0.2) is 197 Å². The van der Waals surface area contributed by atoms with Crippen molar-refractivity contribution < 1.29 is 43.5 Å². The monoisotopic (exact) mass is 960 g/mol. The Kier molecular flexibility index (Phi) is 13.1. The van der Waals surface area contributed by atoms with Gasteiger partial charge in [0.05, 0.1) is 17.3 Å². The van der Waals surface area contributed by atoms with Crippen LogP contribution in [0.4, 0.5) is 0 Å². The minimum Gasteiger partial charge on any atom is -0.870 e. The molecule has 0 unspecified atom stereocenters. The van der Waals surface area contributed by atoms with Crippen LogP contribution in [0, 0.1) is 0 Å².